The molecule has 1 amide bonds. The predicted octanol–water partition coefficient (Wildman–Crippen LogP) is 4.71. The van der Waals surface area contributed by atoms with Crippen molar-refractivity contribution in [1.29, 1.82) is 0 Å². The Morgan fingerprint density at radius 3 is 2.44 bits per heavy atom. The maximum atomic E-state index is 13.2. The van der Waals surface area contributed by atoms with Gasteiger partial charge in [0.25, 0.3) is 5.91 Å². The molecule has 27 heavy (non-hydrogen) atoms. The SMILES string of the molecule is COc1cc(OC)c(NC(=O)c2c(-c3ccc(F)cc3)noc2C)cc1Cl. The van der Waals surface area contributed by atoms with Crippen molar-refractivity contribution in [2.24, 2.45) is 0 Å². The molecule has 2 aromatic carbocycles. The van der Waals surface area contributed by atoms with Gasteiger partial charge in [-0.25, -0.2) is 4.39 Å². The summed E-state index contributed by atoms with van der Waals surface area (Å²) in [7, 11) is 2.95. The van der Waals surface area contributed by atoms with Crippen LogP contribution in [0.1, 0.15) is 16.1 Å². The zero-order valence-electron chi connectivity index (χ0n) is 14.8. The van der Waals surface area contributed by atoms with E-state index in [4.69, 9.17) is 25.6 Å². The van der Waals surface area contributed by atoms with Crippen molar-refractivity contribution in [3.8, 4) is 22.8 Å². The van der Waals surface area contributed by atoms with Crippen LogP contribution in [-0.2, 0) is 0 Å². The van der Waals surface area contributed by atoms with Crippen LogP contribution in [0.4, 0.5) is 10.1 Å². The van der Waals surface area contributed by atoms with Gasteiger partial charge in [0.15, 0.2) is 0 Å². The summed E-state index contributed by atoms with van der Waals surface area (Å²) in [6.45, 7) is 1.62. The highest BCUT2D eigenvalue weighted by Crippen LogP contribution is 2.36. The topological polar surface area (TPSA) is 73.6 Å². The van der Waals surface area contributed by atoms with Crippen molar-refractivity contribution >= 4 is 23.2 Å². The van der Waals surface area contributed by atoms with Crippen LogP contribution in [0.15, 0.2) is 40.9 Å². The largest absolute Gasteiger partial charge is 0.495 e. The third-order valence-electron chi connectivity index (χ3n) is 3.93. The van der Waals surface area contributed by atoms with Crippen LogP contribution in [0.5, 0.6) is 11.5 Å². The lowest BCUT2D eigenvalue weighted by molar-refractivity contribution is 0.102. The zero-order chi connectivity index (χ0) is 19.6. The molecule has 8 heteroatoms. The number of methoxy groups -OCH3 is 2. The van der Waals surface area contributed by atoms with Gasteiger partial charge >= 0.3 is 0 Å². The first kappa shape index (κ1) is 18.7. The second kappa shape index (κ2) is 7.67. The van der Waals surface area contributed by atoms with Crippen LogP contribution >= 0.6 is 11.6 Å². The second-order valence-corrected chi connectivity index (χ2v) is 6.02. The molecule has 0 unspecified atom stereocenters. The Kier molecular flexibility index (Phi) is 5.32. The number of carbonyl (C=O) groups is 1. The maximum Gasteiger partial charge on any atom is 0.261 e. The van der Waals surface area contributed by atoms with E-state index < -0.39 is 5.91 Å². The summed E-state index contributed by atoms with van der Waals surface area (Å²) in [4.78, 5) is 12.9. The molecule has 0 fully saturated rings. The minimum Gasteiger partial charge on any atom is -0.495 e. The number of rotatable bonds is 5. The van der Waals surface area contributed by atoms with Crippen LogP contribution in [0.2, 0.25) is 5.02 Å². The first-order chi connectivity index (χ1) is 12.9. The Balaban J connectivity index is 1.97. The van der Waals surface area contributed by atoms with Crippen molar-refractivity contribution in [3.05, 3.63) is 58.6 Å². The standard InChI is InChI=1S/C19H16ClFN2O4/c1-10-17(18(23-27-10)11-4-6-12(21)7-5-11)19(24)22-14-8-13(20)15(25-2)9-16(14)26-3/h4-9H,1-3H3,(H,22,24). The number of aromatic nitrogens is 1. The van der Waals surface area contributed by atoms with Crippen molar-refractivity contribution in [2.45, 2.75) is 6.92 Å². The molecule has 0 aliphatic heterocycles. The summed E-state index contributed by atoms with van der Waals surface area (Å²) in [5.41, 5.74) is 1.45. The minimum atomic E-state index is -0.465. The molecule has 0 radical (unpaired) electrons. The van der Waals surface area contributed by atoms with Crippen molar-refractivity contribution in [1.82, 2.24) is 5.16 Å². The van der Waals surface area contributed by atoms with Crippen LogP contribution in [0, 0.1) is 12.7 Å². The van der Waals surface area contributed by atoms with E-state index in [1.165, 1.54) is 44.6 Å². The van der Waals surface area contributed by atoms with Crippen molar-refractivity contribution in [2.75, 3.05) is 19.5 Å². The number of hydrogen-bond acceptors (Lipinski definition) is 5. The quantitative estimate of drug-likeness (QED) is 0.682. The molecule has 0 aliphatic rings. The molecule has 1 aromatic heterocycles. The molecule has 0 aliphatic carbocycles. The average Bonchev–Trinajstić information content (AvgIpc) is 3.04. The number of nitrogens with one attached hydrogen (secondary N) is 1. The lowest BCUT2D eigenvalue weighted by Crippen LogP contribution is -2.14. The summed E-state index contributed by atoms with van der Waals surface area (Å²) in [5.74, 6) is 0.266. The van der Waals surface area contributed by atoms with Gasteiger partial charge in [-0.05, 0) is 37.3 Å². The van der Waals surface area contributed by atoms with E-state index in [0.717, 1.165) is 0 Å². The normalized spacial score (nSPS) is 10.6. The van der Waals surface area contributed by atoms with E-state index in [1.54, 1.807) is 13.0 Å². The molecule has 1 heterocycles. The number of carbonyl (C=O) groups excluding carboxylic acids is 1. The number of nitrogens with zero attached hydrogens (tertiary/aromatic N) is 1. The van der Waals surface area contributed by atoms with E-state index in [-0.39, 0.29) is 11.4 Å². The number of hydrogen-bond donors (Lipinski definition) is 1. The van der Waals surface area contributed by atoms with Crippen LogP contribution in [-0.4, -0.2) is 25.3 Å². The molecule has 3 rings (SSSR count). The molecular weight excluding hydrogens is 375 g/mol. The van der Waals surface area contributed by atoms with Gasteiger partial charge in [0.05, 0.1) is 24.9 Å². The molecule has 0 atom stereocenters. The third-order valence-corrected chi connectivity index (χ3v) is 4.22. The summed E-state index contributed by atoms with van der Waals surface area (Å²) in [5, 5.41) is 6.98. The highest BCUT2D eigenvalue weighted by molar-refractivity contribution is 6.32. The highest BCUT2D eigenvalue weighted by atomic mass is 35.5. The first-order valence-electron chi connectivity index (χ1n) is 7.89. The molecule has 0 spiro atoms. The second-order valence-electron chi connectivity index (χ2n) is 5.61. The number of aryl methyl sites for hydroxylation is 1. The summed E-state index contributed by atoms with van der Waals surface area (Å²) >= 11 is 6.14. The van der Waals surface area contributed by atoms with E-state index >= 15 is 0 Å². The van der Waals surface area contributed by atoms with E-state index in [2.05, 4.69) is 10.5 Å². The minimum absolute atomic E-state index is 0.232. The van der Waals surface area contributed by atoms with E-state index in [9.17, 15) is 9.18 Å². The van der Waals surface area contributed by atoms with Gasteiger partial charge in [0.1, 0.15) is 34.3 Å². The van der Waals surface area contributed by atoms with E-state index in [1.807, 2.05) is 0 Å². The predicted molar refractivity (Wildman–Crippen MR) is 99.1 cm³/mol. The van der Waals surface area contributed by atoms with Gasteiger partial charge in [-0.2, -0.15) is 0 Å². The molecular formula is C19H16ClFN2O4. The Labute approximate surface area is 159 Å². The first-order valence-corrected chi connectivity index (χ1v) is 8.27. The maximum absolute atomic E-state index is 13.2. The fraction of sp³-hybridized carbons (Fsp3) is 0.158. The Morgan fingerprint density at radius 2 is 1.81 bits per heavy atom. The number of amides is 1. The average molecular weight is 391 g/mol. The fourth-order valence-corrected chi connectivity index (χ4v) is 2.83. The number of halogens is 2. The van der Waals surface area contributed by atoms with Crippen LogP contribution in [0.25, 0.3) is 11.3 Å². The number of anilines is 1. The lowest BCUT2D eigenvalue weighted by atomic mass is 10.1. The molecule has 3 aromatic rings. The molecule has 0 saturated carbocycles. The Hall–Kier alpha value is -3.06. The summed E-state index contributed by atoms with van der Waals surface area (Å²) in [6, 6.07) is 8.71. The van der Waals surface area contributed by atoms with Crippen LogP contribution < -0.4 is 14.8 Å². The Bertz CT molecular complexity index is 986. The third kappa shape index (κ3) is 3.73. The van der Waals surface area contributed by atoms with Gasteiger partial charge in [0, 0.05) is 11.6 Å². The van der Waals surface area contributed by atoms with Gasteiger partial charge in [-0.15, -0.1) is 0 Å². The molecule has 140 valence electrons. The number of benzene rings is 2. The van der Waals surface area contributed by atoms with E-state index in [0.29, 0.717) is 39.2 Å². The van der Waals surface area contributed by atoms with Crippen molar-refractivity contribution in [3.63, 3.8) is 0 Å². The van der Waals surface area contributed by atoms with Crippen LogP contribution in [0.3, 0.4) is 0 Å². The lowest BCUT2D eigenvalue weighted by Gasteiger charge is -2.13. The van der Waals surface area contributed by atoms with Gasteiger partial charge in [-0.3, -0.25) is 4.79 Å². The monoisotopic (exact) mass is 390 g/mol. The molecule has 1 N–H and O–H groups in total. The highest BCUT2D eigenvalue weighted by Gasteiger charge is 2.23. The molecule has 0 bridgehead atoms. The zero-order valence-corrected chi connectivity index (χ0v) is 15.6. The number of ether oxygens (including phenoxy) is 2. The van der Waals surface area contributed by atoms with Gasteiger partial charge < -0.3 is 19.3 Å². The van der Waals surface area contributed by atoms with Gasteiger partial charge in [0.2, 0.25) is 0 Å². The van der Waals surface area contributed by atoms with Gasteiger partial charge in [-0.1, -0.05) is 16.8 Å². The summed E-state index contributed by atoms with van der Waals surface area (Å²) < 4.78 is 28.8. The fourth-order valence-electron chi connectivity index (χ4n) is 2.59. The molecule has 6 nitrogen and oxygen atoms in total. The molecule has 0 saturated heterocycles. The Morgan fingerprint density at radius 1 is 1.15 bits per heavy atom. The van der Waals surface area contributed by atoms with Crippen molar-refractivity contribution < 1.29 is 23.2 Å². The summed E-state index contributed by atoms with van der Waals surface area (Å²) in [6.07, 6.45) is 0. The smallest absolute Gasteiger partial charge is 0.261 e.